The molecule has 0 aliphatic carbocycles. The maximum absolute atomic E-state index is 15.4. The molecule has 0 radical (unpaired) electrons. The van der Waals surface area contributed by atoms with E-state index >= 15 is 35.1 Å². The Morgan fingerprint density at radius 1 is 0.426 bits per heavy atom. The third-order valence-electron chi connectivity index (χ3n) is 8.73. The Morgan fingerprint density at radius 3 is 0.885 bits per heavy atom. The molecule has 0 aromatic heterocycles. The van der Waals surface area contributed by atoms with Crippen LogP contribution in [0.2, 0.25) is 0 Å². The number of ketones is 1. The minimum absolute atomic E-state index is 0.0686. The van der Waals surface area contributed by atoms with Gasteiger partial charge in [-0.25, -0.2) is 92.6 Å². The van der Waals surface area contributed by atoms with Gasteiger partial charge < -0.3 is 4.74 Å². The van der Waals surface area contributed by atoms with Crippen LogP contribution in [0.4, 0.5) is 87.8 Å². The summed E-state index contributed by atoms with van der Waals surface area (Å²) in [7, 11) is 1.39. The third kappa shape index (κ3) is 7.75. The maximum atomic E-state index is 15.4. The first-order valence-corrected chi connectivity index (χ1v) is 17.9. The van der Waals surface area contributed by atoms with Gasteiger partial charge in [-0.05, 0) is 23.0 Å². The van der Waals surface area contributed by atoms with Crippen LogP contribution in [-0.2, 0) is 15.6 Å². The molecule has 326 valence electrons. The minimum Gasteiger partial charge on any atom is -0.465 e. The molecule has 5 rings (SSSR count). The normalized spacial score (nSPS) is 11.5. The lowest BCUT2D eigenvalue weighted by Gasteiger charge is -2.44. The van der Waals surface area contributed by atoms with Crippen molar-refractivity contribution in [2.24, 2.45) is 0 Å². The largest absolute Gasteiger partial charge is 0.465 e. The van der Waals surface area contributed by atoms with Gasteiger partial charge in [0.15, 0.2) is 75.6 Å². The molecule has 3 nitrogen and oxygen atoms in total. The Morgan fingerprint density at radius 2 is 0.656 bits per heavy atom. The van der Waals surface area contributed by atoms with Crippen molar-refractivity contribution in [1.82, 2.24) is 0 Å². The SMILES string of the molecule is COC(=O)c1cccc(C(=O)C[S+](C)C)c1.Fc1c(F)c(F)c([B-](c2c(F)c(F)c(F)c(F)c2F)(c2c(F)c(F)c(F)c(F)c2F)c2c(F)c(F)c(F)c(F)c2F)c(F)c1F. The van der Waals surface area contributed by atoms with Gasteiger partial charge in [0.2, 0.25) is 5.78 Å². The quantitative estimate of drug-likeness (QED) is 0.0311. The molecule has 5 aromatic carbocycles. The number of halogens is 20. The first-order chi connectivity index (χ1) is 28.2. The van der Waals surface area contributed by atoms with Crippen LogP contribution in [0, 0.1) is 116 Å². The number of hydrogen-bond donors (Lipinski definition) is 0. The summed E-state index contributed by atoms with van der Waals surface area (Å²) in [4.78, 5) is 23.1. The minimum atomic E-state index is -7.22. The molecule has 0 unspecified atom stereocenters. The zero-order valence-electron chi connectivity index (χ0n) is 29.8. The number of Topliss-reactive ketones (excluding diaryl/α,β-unsaturated/α-hetero) is 1. The van der Waals surface area contributed by atoms with Gasteiger partial charge in [0, 0.05) is 5.56 Å². The number of ether oxygens (including phenoxy) is 1. The van der Waals surface area contributed by atoms with Crippen LogP contribution in [0.3, 0.4) is 0 Å². The van der Waals surface area contributed by atoms with Gasteiger partial charge in [0.25, 0.3) is 0 Å². The van der Waals surface area contributed by atoms with E-state index in [1.165, 1.54) is 7.11 Å². The molecular formula is C36H15BF20O3S. The third-order valence-corrected chi connectivity index (χ3v) is 9.57. The number of esters is 1. The summed E-state index contributed by atoms with van der Waals surface area (Å²) in [5.41, 5.74) is -13.3. The summed E-state index contributed by atoms with van der Waals surface area (Å²) in [6, 6.07) is 6.64. The highest BCUT2D eigenvalue weighted by atomic mass is 32.2. The van der Waals surface area contributed by atoms with Crippen molar-refractivity contribution in [3.63, 3.8) is 0 Å². The fraction of sp³-hybridized carbons (Fsp3) is 0.111. The zero-order valence-corrected chi connectivity index (χ0v) is 30.6. The lowest BCUT2D eigenvalue weighted by Crippen LogP contribution is -2.81. The lowest BCUT2D eigenvalue weighted by molar-refractivity contribution is 0.0600. The molecule has 0 aliphatic heterocycles. The predicted octanol–water partition coefficient (Wildman–Crippen LogP) is 7.38. The average molecular weight is 918 g/mol. The second kappa shape index (κ2) is 17.7. The standard InChI is InChI=1S/C24BF20.C12H15O3S/c26-5-1(6(27)14(35)21(42)13(5)34)25(2-7(28)15(36)22(43)16(37)8(2)29,3-9(30)17(38)23(44)18(39)10(3)31)4-11(32)19(40)24(45)20(41)12(4)33;1-15-12(14)10-6-4-5-9(7-10)11(13)8-16(2)3/h;4-7H,8H2,1-3H3/q-1;+1. The first-order valence-electron chi connectivity index (χ1n) is 15.7. The summed E-state index contributed by atoms with van der Waals surface area (Å²) in [5.74, 6) is -71.2. The fourth-order valence-electron chi connectivity index (χ4n) is 6.16. The van der Waals surface area contributed by atoms with Crippen LogP contribution in [0.5, 0.6) is 0 Å². The van der Waals surface area contributed by atoms with Crippen molar-refractivity contribution in [1.29, 1.82) is 0 Å². The molecule has 5 aromatic rings. The Labute approximate surface area is 329 Å². The van der Waals surface area contributed by atoms with Crippen molar-refractivity contribution in [3.05, 3.63) is 152 Å². The molecule has 0 heterocycles. The van der Waals surface area contributed by atoms with Gasteiger partial charge in [-0.15, -0.1) is 21.9 Å². The Kier molecular flexibility index (Phi) is 13.9. The van der Waals surface area contributed by atoms with Gasteiger partial charge in [-0.2, -0.15) is 0 Å². The van der Waals surface area contributed by atoms with Crippen molar-refractivity contribution < 1.29 is 102 Å². The number of methoxy groups -OCH3 is 1. The summed E-state index contributed by atoms with van der Waals surface area (Å²) >= 11 is 0. The van der Waals surface area contributed by atoms with E-state index in [2.05, 4.69) is 4.74 Å². The van der Waals surface area contributed by atoms with Gasteiger partial charge in [0.1, 0.15) is 52.7 Å². The van der Waals surface area contributed by atoms with Crippen LogP contribution in [0.15, 0.2) is 24.3 Å². The van der Waals surface area contributed by atoms with Gasteiger partial charge in [-0.3, -0.25) is 4.79 Å². The second-order valence-corrected chi connectivity index (χ2v) is 14.7. The highest BCUT2D eigenvalue weighted by Gasteiger charge is 2.52. The zero-order chi connectivity index (χ0) is 46.5. The van der Waals surface area contributed by atoms with Crippen LogP contribution in [0.25, 0.3) is 0 Å². The molecule has 0 spiro atoms. The van der Waals surface area contributed by atoms with Crippen molar-refractivity contribution >= 4 is 50.6 Å². The maximum Gasteiger partial charge on any atom is 0.337 e. The number of benzene rings is 5. The number of hydrogen-bond acceptors (Lipinski definition) is 3. The molecule has 0 saturated carbocycles. The fourth-order valence-corrected chi connectivity index (χ4v) is 6.85. The van der Waals surface area contributed by atoms with Gasteiger partial charge >= 0.3 is 5.97 Å². The molecule has 61 heavy (non-hydrogen) atoms. The van der Waals surface area contributed by atoms with E-state index in [0.717, 1.165) is 0 Å². The van der Waals surface area contributed by atoms with Crippen molar-refractivity contribution in [3.8, 4) is 0 Å². The first kappa shape index (κ1) is 47.9. The second-order valence-electron chi connectivity index (χ2n) is 12.4. The molecule has 0 amide bonds. The molecule has 0 fully saturated rings. The Bertz CT molecular complexity index is 2260. The van der Waals surface area contributed by atoms with E-state index in [1.807, 2.05) is 12.5 Å². The topological polar surface area (TPSA) is 43.4 Å². The highest BCUT2D eigenvalue weighted by molar-refractivity contribution is 7.96. The molecule has 0 atom stereocenters. The summed E-state index contributed by atoms with van der Waals surface area (Å²) in [5, 5.41) is 0. The van der Waals surface area contributed by atoms with Crippen LogP contribution in [-0.4, -0.2) is 43.3 Å². The predicted molar refractivity (Wildman–Crippen MR) is 175 cm³/mol. The lowest BCUT2D eigenvalue weighted by atomic mass is 9.12. The summed E-state index contributed by atoms with van der Waals surface area (Å²) < 4.78 is 299. The van der Waals surface area contributed by atoms with Gasteiger partial charge in [-0.1, -0.05) is 12.1 Å². The van der Waals surface area contributed by atoms with E-state index in [9.17, 15) is 62.3 Å². The number of carbonyl (C=O) groups is 2. The molecule has 25 heteroatoms. The molecule has 0 bridgehead atoms. The van der Waals surface area contributed by atoms with E-state index in [0.29, 0.717) is 16.9 Å². The van der Waals surface area contributed by atoms with Crippen molar-refractivity contribution in [2.45, 2.75) is 0 Å². The molecule has 0 N–H and O–H groups in total. The average Bonchev–Trinajstić information content (AvgIpc) is 3.23. The van der Waals surface area contributed by atoms with E-state index in [4.69, 9.17) is 0 Å². The van der Waals surface area contributed by atoms with Crippen LogP contribution in [0.1, 0.15) is 20.7 Å². The highest BCUT2D eigenvalue weighted by Crippen LogP contribution is 2.30. The van der Waals surface area contributed by atoms with Crippen molar-refractivity contribution in [2.75, 3.05) is 25.4 Å². The van der Waals surface area contributed by atoms with E-state index < -0.39 is 150 Å². The van der Waals surface area contributed by atoms with Crippen LogP contribution >= 0.6 is 0 Å². The molecular weight excluding hydrogens is 903 g/mol. The molecule has 0 aliphatic rings. The number of carbonyl (C=O) groups excluding carboxylic acids is 2. The van der Waals surface area contributed by atoms with E-state index in [1.54, 1.807) is 24.3 Å². The Balaban J connectivity index is 0.000000430. The van der Waals surface area contributed by atoms with E-state index in [-0.39, 0.29) is 16.7 Å². The Hall–Kier alpha value is -5.75. The van der Waals surface area contributed by atoms with Crippen LogP contribution < -0.4 is 21.9 Å². The van der Waals surface area contributed by atoms with Gasteiger partial charge in [0.05, 0.1) is 25.2 Å². The number of rotatable bonds is 8. The monoisotopic (exact) mass is 918 g/mol. The summed E-state index contributed by atoms with van der Waals surface area (Å²) in [6.07, 6.45) is -3.19. The molecule has 0 saturated heterocycles. The summed E-state index contributed by atoms with van der Waals surface area (Å²) in [6.45, 7) is 0. The smallest absolute Gasteiger partial charge is 0.337 e.